The molecule has 0 saturated heterocycles. The number of hydrogen-bond donors (Lipinski definition) is 2. The van der Waals surface area contributed by atoms with Gasteiger partial charge in [0.2, 0.25) is 5.91 Å². The monoisotopic (exact) mass is 305 g/mol. The van der Waals surface area contributed by atoms with Gasteiger partial charge in [0.1, 0.15) is 17.2 Å². The molecule has 2 rings (SSSR count). The average molecular weight is 305 g/mol. The summed E-state index contributed by atoms with van der Waals surface area (Å²) in [5, 5.41) is 11.6. The first-order valence-electron chi connectivity index (χ1n) is 6.29. The molecule has 110 valence electrons. The number of thiophene rings is 1. The number of hydrogen-bond acceptors (Lipinski definition) is 4. The number of carbonyl (C=O) groups excluding carboxylic acids is 1. The number of benzene rings is 1. The molecule has 21 heavy (non-hydrogen) atoms. The van der Waals surface area contributed by atoms with Crippen LogP contribution in [0.3, 0.4) is 0 Å². The van der Waals surface area contributed by atoms with E-state index in [0.717, 1.165) is 10.4 Å². The van der Waals surface area contributed by atoms with Gasteiger partial charge < -0.3 is 15.2 Å². The van der Waals surface area contributed by atoms with Crippen LogP contribution in [0.15, 0.2) is 30.3 Å². The number of carbonyl (C=O) groups is 2. The van der Waals surface area contributed by atoms with Crippen LogP contribution in [0.2, 0.25) is 0 Å². The van der Waals surface area contributed by atoms with Crippen molar-refractivity contribution < 1.29 is 19.4 Å². The molecule has 0 aliphatic heterocycles. The Labute approximate surface area is 126 Å². The van der Waals surface area contributed by atoms with E-state index in [2.05, 4.69) is 5.32 Å². The van der Waals surface area contributed by atoms with Gasteiger partial charge in [-0.05, 0) is 37.3 Å². The van der Waals surface area contributed by atoms with Gasteiger partial charge in [0.15, 0.2) is 0 Å². The van der Waals surface area contributed by atoms with Crippen molar-refractivity contribution in [1.82, 2.24) is 0 Å². The maximum Gasteiger partial charge on any atom is 0.345 e. The van der Waals surface area contributed by atoms with Gasteiger partial charge in [-0.25, -0.2) is 4.79 Å². The number of ether oxygens (including phenoxy) is 1. The lowest BCUT2D eigenvalue weighted by atomic mass is 10.2. The van der Waals surface area contributed by atoms with Crippen molar-refractivity contribution in [3.63, 3.8) is 0 Å². The van der Waals surface area contributed by atoms with Gasteiger partial charge in [0.25, 0.3) is 0 Å². The first kappa shape index (κ1) is 15.1. The van der Waals surface area contributed by atoms with Crippen molar-refractivity contribution in [3.8, 4) is 5.75 Å². The Hall–Kier alpha value is -2.34. The van der Waals surface area contributed by atoms with Gasteiger partial charge in [-0.15, -0.1) is 11.3 Å². The first-order valence-corrected chi connectivity index (χ1v) is 7.10. The van der Waals surface area contributed by atoms with Crippen molar-refractivity contribution in [2.75, 3.05) is 5.32 Å². The smallest absolute Gasteiger partial charge is 0.345 e. The number of aryl methyl sites for hydroxylation is 1. The van der Waals surface area contributed by atoms with Crippen LogP contribution in [0.1, 0.15) is 27.0 Å². The van der Waals surface area contributed by atoms with E-state index in [1.54, 1.807) is 30.3 Å². The SMILES string of the molecule is CC(=O)Nc1ccc(OCc2cc(C(=O)O)sc2C)cc1. The van der Waals surface area contributed by atoms with Crippen molar-refractivity contribution in [3.05, 3.63) is 45.6 Å². The summed E-state index contributed by atoms with van der Waals surface area (Å²) in [5.41, 5.74) is 1.57. The van der Waals surface area contributed by atoms with E-state index in [4.69, 9.17) is 9.84 Å². The molecule has 0 bridgehead atoms. The highest BCUT2D eigenvalue weighted by Gasteiger charge is 2.11. The van der Waals surface area contributed by atoms with Crippen molar-refractivity contribution >= 4 is 28.9 Å². The third-order valence-corrected chi connectivity index (χ3v) is 3.88. The Bertz CT molecular complexity index is 661. The molecule has 0 saturated carbocycles. The summed E-state index contributed by atoms with van der Waals surface area (Å²) < 4.78 is 5.63. The topological polar surface area (TPSA) is 75.6 Å². The number of amides is 1. The predicted molar refractivity (Wildman–Crippen MR) is 81.1 cm³/mol. The second-order valence-electron chi connectivity index (χ2n) is 4.49. The molecular weight excluding hydrogens is 290 g/mol. The summed E-state index contributed by atoms with van der Waals surface area (Å²) in [6, 6.07) is 8.64. The Morgan fingerprint density at radius 3 is 2.48 bits per heavy atom. The number of carboxylic acid groups (broad SMARTS) is 1. The Balaban J connectivity index is 1.99. The van der Waals surface area contributed by atoms with Crippen molar-refractivity contribution in [2.45, 2.75) is 20.5 Å². The lowest BCUT2D eigenvalue weighted by Gasteiger charge is -2.07. The molecule has 2 N–H and O–H groups in total. The molecule has 1 heterocycles. The number of carboxylic acids is 1. The Kier molecular flexibility index (Phi) is 4.59. The van der Waals surface area contributed by atoms with Crippen LogP contribution < -0.4 is 10.1 Å². The molecule has 1 amide bonds. The third kappa shape index (κ3) is 4.06. The average Bonchev–Trinajstić information content (AvgIpc) is 2.79. The van der Waals surface area contributed by atoms with E-state index in [-0.39, 0.29) is 5.91 Å². The van der Waals surface area contributed by atoms with E-state index >= 15 is 0 Å². The summed E-state index contributed by atoms with van der Waals surface area (Å²) in [4.78, 5) is 23.1. The first-order chi connectivity index (χ1) is 9.95. The minimum absolute atomic E-state index is 0.126. The van der Waals surface area contributed by atoms with Gasteiger partial charge in [-0.1, -0.05) is 0 Å². The molecule has 0 unspecified atom stereocenters. The van der Waals surface area contributed by atoms with Gasteiger partial charge in [-0.3, -0.25) is 4.79 Å². The molecule has 6 heteroatoms. The van der Waals surface area contributed by atoms with E-state index in [9.17, 15) is 9.59 Å². The minimum atomic E-state index is -0.922. The molecule has 0 aliphatic rings. The standard InChI is InChI=1S/C15H15NO4S/c1-9-11(7-14(21-9)15(18)19)8-20-13-5-3-12(4-6-13)16-10(2)17/h3-7H,8H2,1-2H3,(H,16,17)(H,18,19). The van der Waals surface area contributed by atoms with Gasteiger partial charge in [-0.2, -0.15) is 0 Å². The number of aromatic carboxylic acids is 1. The molecule has 0 aliphatic carbocycles. The molecule has 0 atom stereocenters. The molecule has 0 fully saturated rings. The predicted octanol–water partition coefficient (Wildman–Crippen LogP) is 3.29. The number of anilines is 1. The Morgan fingerprint density at radius 1 is 1.29 bits per heavy atom. The summed E-state index contributed by atoms with van der Waals surface area (Å²) in [5.74, 6) is -0.389. The van der Waals surface area contributed by atoms with Crippen molar-refractivity contribution in [1.29, 1.82) is 0 Å². The second kappa shape index (κ2) is 6.41. The highest BCUT2D eigenvalue weighted by Crippen LogP contribution is 2.24. The zero-order chi connectivity index (χ0) is 15.4. The van der Waals surface area contributed by atoms with Crippen LogP contribution in [0, 0.1) is 6.92 Å². The van der Waals surface area contributed by atoms with Crippen LogP contribution >= 0.6 is 11.3 Å². The van der Waals surface area contributed by atoms with Crippen LogP contribution in [0.5, 0.6) is 5.75 Å². The number of nitrogens with one attached hydrogen (secondary N) is 1. The quantitative estimate of drug-likeness (QED) is 0.888. The van der Waals surface area contributed by atoms with E-state index in [1.807, 2.05) is 6.92 Å². The maximum absolute atomic E-state index is 10.9. The molecule has 5 nitrogen and oxygen atoms in total. The minimum Gasteiger partial charge on any atom is -0.489 e. The normalized spacial score (nSPS) is 10.2. The zero-order valence-corrected chi connectivity index (χ0v) is 12.5. The summed E-state index contributed by atoms with van der Waals surface area (Å²) in [7, 11) is 0. The van der Waals surface area contributed by atoms with Gasteiger partial charge in [0, 0.05) is 23.1 Å². The van der Waals surface area contributed by atoms with Crippen LogP contribution in [0.25, 0.3) is 0 Å². The molecular formula is C15H15NO4S. The van der Waals surface area contributed by atoms with Crippen LogP contribution in [-0.4, -0.2) is 17.0 Å². The lowest BCUT2D eigenvalue weighted by molar-refractivity contribution is -0.114. The number of rotatable bonds is 5. The molecule has 1 aromatic carbocycles. The fourth-order valence-electron chi connectivity index (χ4n) is 1.77. The summed E-state index contributed by atoms with van der Waals surface area (Å²) in [6.45, 7) is 3.63. The lowest BCUT2D eigenvalue weighted by Crippen LogP contribution is -2.05. The second-order valence-corrected chi connectivity index (χ2v) is 5.75. The molecule has 2 aromatic rings. The van der Waals surface area contributed by atoms with E-state index in [0.29, 0.717) is 22.9 Å². The summed E-state index contributed by atoms with van der Waals surface area (Å²) >= 11 is 1.24. The highest BCUT2D eigenvalue weighted by atomic mass is 32.1. The van der Waals surface area contributed by atoms with Crippen molar-refractivity contribution in [2.24, 2.45) is 0 Å². The van der Waals surface area contributed by atoms with Gasteiger partial charge >= 0.3 is 5.97 Å². The third-order valence-electron chi connectivity index (χ3n) is 2.80. The van der Waals surface area contributed by atoms with Crippen LogP contribution in [0.4, 0.5) is 5.69 Å². The molecule has 0 radical (unpaired) electrons. The van der Waals surface area contributed by atoms with E-state index in [1.165, 1.54) is 18.3 Å². The highest BCUT2D eigenvalue weighted by molar-refractivity contribution is 7.14. The fraction of sp³-hybridized carbons (Fsp3) is 0.200. The van der Waals surface area contributed by atoms with Gasteiger partial charge in [0.05, 0.1) is 0 Å². The molecule has 0 spiro atoms. The zero-order valence-electron chi connectivity index (χ0n) is 11.7. The van der Waals surface area contributed by atoms with E-state index < -0.39 is 5.97 Å². The fourth-order valence-corrected chi connectivity index (χ4v) is 2.63. The van der Waals surface area contributed by atoms with Crippen LogP contribution in [-0.2, 0) is 11.4 Å². The Morgan fingerprint density at radius 2 is 1.95 bits per heavy atom. The largest absolute Gasteiger partial charge is 0.489 e. The molecule has 1 aromatic heterocycles. The summed E-state index contributed by atoms with van der Waals surface area (Å²) in [6.07, 6.45) is 0. The maximum atomic E-state index is 10.9.